The van der Waals surface area contributed by atoms with Gasteiger partial charge < -0.3 is 10.1 Å². The molecule has 0 aliphatic heterocycles. The molecule has 1 aromatic carbocycles. The van der Waals surface area contributed by atoms with Gasteiger partial charge in [-0.25, -0.2) is 4.79 Å². The van der Waals surface area contributed by atoms with Crippen LogP contribution in [0.5, 0.6) is 0 Å². The van der Waals surface area contributed by atoms with E-state index >= 15 is 0 Å². The summed E-state index contributed by atoms with van der Waals surface area (Å²) in [5.41, 5.74) is 2.24. The molecule has 2 N–H and O–H groups in total. The van der Waals surface area contributed by atoms with E-state index in [1.807, 2.05) is 6.07 Å². The van der Waals surface area contributed by atoms with E-state index in [4.69, 9.17) is 5.11 Å². The van der Waals surface area contributed by atoms with Gasteiger partial charge in [0.25, 0.3) is 0 Å². The second kappa shape index (κ2) is 4.25. The molecule has 86 valence electrons. The van der Waals surface area contributed by atoms with Crippen molar-refractivity contribution >= 4 is 28.7 Å². The summed E-state index contributed by atoms with van der Waals surface area (Å²) in [6, 6.07) is 5.30. The number of hydrogen-bond acceptors (Lipinski definition) is 2. The van der Waals surface area contributed by atoms with E-state index in [0.717, 1.165) is 22.5 Å². The smallest absolute Gasteiger partial charge is 0.328 e. The number of carboxylic acids is 1. The minimum absolute atomic E-state index is 0.00382. The summed E-state index contributed by atoms with van der Waals surface area (Å²) >= 11 is 0. The molecule has 0 saturated heterocycles. The van der Waals surface area contributed by atoms with Crippen LogP contribution in [-0.2, 0) is 4.79 Å². The van der Waals surface area contributed by atoms with Crippen LogP contribution in [0.2, 0.25) is 0 Å². The van der Waals surface area contributed by atoms with Crippen molar-refractivity contribution in [3.63, 3.8) is 0 Å². The zero-order chi connectivity index (χ0) is 12.4. The minimum Gasteiger partial charge on any atom is -0.478 e. The molecule has 0 unspecified atom stereocenters. The van der Waals surface area contributed by atoms with Crippen LogP contribution in [0, 0.1) is 0 Å². The first kappa shape index (κ1) is 11.1. The number of benzene rings is 1. The number of nitrogens with one attached hydrogen (secondary N) is 1. The summed E-state index contributed by atoms with van der Waals surface area (Å²) in [4.78, 5) is 24.6. The Hall–Kier alpha value is -2.36. The second-order valence-corrected chi connectivity index (χ2v) is 3.73. The Morgan fingerprint density at radius 2 is 2.12 bits per heavy atom. The average molecular weight is 229 g/mol. The van der Waals surface area contributed by atoms with E-state index in [1.165, 1.54) is 13.0 Å². The molecule has 0 saturated carbocycles. The molecule has 0 radical (unpaired) electrons. The fourth-order valence-electron chi connectivity index (χ4n) is 1.67. The zero-order valence-electron chi connectivity index (χ0n) is 9.23. The summed E-state index contributed by atoms with van der Waals surface area (Å²) in [7, 11) is 0. The predicted octanol–water partition coefficient (Wildman–Crippen LogP) is 2.47. The molecule has 0 spiro atoms. The van der Waals surface area contributed by atoms with Crippen molar-refractivity contribution in [2.75, 3.05) is 0 Å². The molecule has 2 aromatic rings. The third-order valence-electron chi connectivity index (χ3n) is 2.53. The van der Waals surface area contributed by atoms with Crippen molar-refractivity contribution in [1.82, 2.24) is 4.98 Å². The van der Waals surface area contributed by atoms with Gasteiger partial charge in [0.2, 0.25) is 0 Å². The molecule has 1 heterocycles. The van der Waals surface area contributed by atoms with Crippen LogP contribution in [0.1, 0.15) is 22.8 Å². The van der Waals surface area contributed by atoms with Gasteiger partial charge in [-0.3, -0.25) is 4.79 Å². The van der Waals surface area contributed by atoms with E-state index in [9.17, 15) is 9.59 Å². The van der Waals surface area contributed by atoms with Gasteiger partial charge in [-0.2, -0.15) is 0 Å². The van der Waals surface area contributed by atoms with Crippen molar-refractivity contribution in [3.8, 4) is 0 Å². The standard InChI is InChI=1S/C13H11NO3/c1-8(15)9-2-4-11-10(3-5-13(16)17)7-14-12(11)6-9/h2-7,14H,1H3,(H,16,17)/b5-3-. The predicted molar refractivity (Wildman–Crippen MR) is 65.0 cm³/mol. The SMILES string of the molecule is CC(=O)c1ccc2c(/C=C\C(=O)O)c[nH]c2c1. The summed E-state index contributed by atoms with van der Waals surface area (Å²) in [6.45, 7) is 1.51. The lowest BCUT2D eigenvalue weighted by atomic mass is 10.1. The maximum Gasteiger partial charge on any atom is 0.328 e. The first-order valence-corrected chi connectivity index (χ1v) is 5.11. The number of carboxylic acid groups (broad SMARTS) is 1. The maximum atomic E-state index is 11.2. The number of carbonyl (C=O) groups is 2. The molecule has 0 atom stereocenters. The Kier molecular flexibility index (Phi) is 2.78. The Labute approximate surface area is 97.6 Å². The Morgan fingerprint density at radius 1 is 1.35 bits per heavy atom. The number of fused-ring (bicyclic) bond motifs is 1. The molecule has 0 bridgehead atoms. The van der Waals surface area contributed by atoms with Gasteiger partial charge in [0, 0.05) is 34.3 Å². The van der Waals surface area contributed by atoms with Crippen molar-refractivity contribution < 1.29 is 14.7 Å². The van der Waals surface area contributed by atoms with Crippen LogP contribution in [0.15, 0.2) is 30.5 Å². The van der Waals surface area contributed by atoms with Gasteiger partial charge in [0.05, 0.1) is 0 Å². The monoisotopic (exact) mass is 229 g/mol. The largest absolute Gasteiger partial charge is 0.478 e. The highest BCUT2D eigenvalue weighted by Crippen LogP contribution is 2.21. The van der Waals surface area contributed by atoms with Crippen LogP contribution >= 0.6 is 0 Å². The number of carbonyl (C=O) groups excluding carboxylic acids is 1. The van der Waals surface area contributed by atoms with Crippen LogP contribution in [0.3, 0.4) is 0 Å². The summed E-state index contributed by atoms with van der Waals surface area (Å²) in [6.07, 6.45) is 4.32. The third-order valence-corrected chi connectivity index (χ3v) is 2.53. The van der Waals surface area contributed by atoms with Crippen LogP contribution in [0.4, 0.5) is 0 Å². The zero-order valence-corrected chi connectivity index (χ0v) is 9.23. The molecule has 4 nitrogen and oxygen atoms in total. The van der Waals surface area contributed by atoms with E-state index in [1.54, 1.807) is 18.3 Å². The first-order valence-electron chi connectivity index (χ1n) is 5.11. The molecule has 17 heavy (non-hydrogen) atoms. The first-order chi connectivity index (χ1) is 8.08. The Morgan fingerprint density at radius 3 is 2.76 bits per heavy atom. The number of aromatic amines is 1. The van der Waals surface area contributed by atoms with Crippen molar-refractivity contribution in [1.29, 1.82) is 0 Å². The molecule has 2 rings (SSSR count). The van der Waals surface area contributed by atoms with Gasteiger partial charge in [-0.15, -0.1) is 0 Å². The normalized spacial score (nSPS) is 11.1. The van der Waals surface area contributed by atoms with Crippen molar-refractivity contribution in [2.45, 2.75) is 6.92 Å². The van der Waals surface area contributed by atoms with E-state index in [0.29, 0.717) is 5.56 Å². The number of rotatable bonds is 3. The summed E-state index contributed by atoms with van der Waals surface area (Å²) < 4.78 is 0. The molecule has 0 aliphatic rings. The van der Waals surface area contributed by atoms with Crippen LogP contribution in [-0.4, -0.2) is 21.8 Å². The fraction of sp³-hybridized carbons (Fsp3) is 0.0769. The molecule has 0 amide bonds. The molecule has 0 fully saturated rings. The molecule has 4 heteroatoms. The molecule has 0 aliphatic carbocycles. The van der Waals surface area contributed by atoms with Crippen LogP contribution in [0.25, 0.3) is 17.0 Å². The minimum atomic E-state index is -0.986. The van der Waals surface area contributed by atoms with Gasteiger partial charge in [0.15, 0.2) is 5.78 Å². The Balaban J connectivity index is 2.48. The molecule has 1 aromatic heterocycles. The highest BCUT2D eigenvalue weighted by atomic mass is 16.4. The summed E-state index contributed by atoms with van der Waals surface area (Å²) in [5.74, 6) is -0.983. The average Bonchev–Trinajstić information content (AvgIpc) is 2.68. The highest BCUT2D eigenvalue weighted by molar-refractivity contribution is 6.00. The van der Waals surface area contributed by atoms with Gasteiger partial charge in [-0.1, -0.05) is 12.1 Å². The van der Waals surface area contributed by atoms with E-state index in [2.05, 4.69) is 4.98 Å². The van der Waals surface area contributed by atoms with E-state index in [-0.39, 0.29) is 5.78 Å². The van der Waals surface area contributed by atoms with Crippen molar-refractivity contribution in [2.24, 2.45) is 0 Å². The van der Waals surface area contributed by atoms with Crippen LogP contribution < -0.4 is 0 Å². The number of H-pyrrole nitrogens is 1. The topological polar surface area (TPSA) is 70.2 Å². The van der Waals surface area contributed by atoms with Gasteiger partial charge >= 0.3 is 5.97 Å². The van der Waals surface area contributed by atoms with Gasteiger partial charge in [0.1, 0.15) is 0 Å². The lowest BCUT2D eigenvalue weighted by Gasteiger charge is -1.96. The molecular weight excluding hydrogens is 218 g/mol. The van der Waals surface area contributed by atoms with Gasteiger partial charge in [-0.05, 0) is 19.1 Å². The fourth-order valence-corrected chi connectivity index (χ4v) is 1.67. The summed E-state index contributed by atoms with van der Waals surface area (Å²) in [5, 5.41) is 9.46. The molecular formula is C13H11NO3. The lowest BCUT2D eigenvalue weighted by Crippen LogP contribution is -1.90. The number of aliphatic carboxylic acids is 1. The van der Waals surface area contributed by atoms with Crippen molar-refractivity contribution in [3.05, 3.63) is 41.6 Å². The second-order valence-electron chi connectivity index (χ2n) is 3.73. The van der Waals surface area contributed by atoms with E-state index < -0.39 is 5.97 Å². The lowest BCUT2D eigenvalue weighted by molar-refractivity contribution is -0.131. The quantitative estimate of drug-likeness (QED) is 0.627. The number of Topliss-reactive ketones (excluding diaryl/α,β-unsaturated/α-hetero) is 1. The Bertz CT molecular complexity index is 623. The number of ketones is 1. The highest BCUT2D eigenvalue weighted by Gasteiger charge is 2.04. The maximum absolute atomic E-state index is 11.2. The number of aromatic nitrogens is 1. The number of hydrogen-bond donors (Lipinski definition) is 2. The third kappa shape index (κ3) is 2.25.